The molecule has 0 saturated carbocycles. The lowest BCUT2D eigenvalue weighted by Crippen LogP contribution is -2.62. The molecule has 0 aromatic heterocycles. The lowest BCUT2D eigenvalue weighted by atomic mass is 10.1. The summed E-state index contributed by atoms with van der Waals surface area (Å²) in [4.78, 5) is 25.7. The van der Waals surface area contributed by atoms with Gasteiger partial charge in [-0.25, -0.2) is 0 Å². The van der Waals surface area contributed by atoms with Crippen LogP contribution in [0.3, 0.4) is 0 Å². The van der Waals surface area contributed by atoms with Gasteiger partial charge in [-0.2, -0.15) is 0 Å². The zero-order valence-electron chi connectivity index (χ0n) is 5.50. The molecule has 6 heteroatoms. The summed E-state index contributed by atoms with van der Waals surface area (Å²) in [6.07, 6.45) is 1.37. The third-order valence-corrected chi connectivity index (χ3v) is 1.66. The predicted octanol–water partition coefficient (Wildman–Crippen LogP) is -2.48. The van der Waals surface area contributed by atoms with Crippen molar-refractivity contribution in [2.45, 2.75) is 12.1 Å². The second kappa shape index (κ2) is 1.94. The van der Waals surface area contributed by atoms with E-state index in [0.717, 1.165) is 0 Å². The summed E-state index contributed by atoms with van der Waals surface area (Å²) in [6.45, 7) is 0. The molecule has 0 aliphatic carbocycles. The van der Waals surface area contributed by atoms with E-state index in [0.29, 0.717) is 0 Å². The van der Waals surface area contributed by atoms with E-state index in [1.165, 1.54) is 6.34 Å². The molecular formula is C5H6N4O2. The second-order valence-corrected chi connectivity index (χ2v) is 2.35. The number of amides is 2. The Bertz CT molecular complexity index is 249. The molecule has 11 heavy (non-hydrogen) atoms. The number of carbonyl (C=O) groups excluding carboxylic acids is 2. The van der Waals surface area contributed by atoms with Gasteiger partial charge in [0.05, 0.1) is 6.34 Å². The topological polar surface area (TPSA) is 82.6 Å². The minimum atomic E-state index is -0.594. The van der Waals surface area contributed by atoms with E-state index in [4.69, 9.17) is 0 Å². The molecule has 0 aromatic rings. The Morgan fingerprint density at radius 1 is 1.27 bits per heavy atom. The normalized spacial score (nSPS) is 33.8. The predicted molar refractivity (Wildman–Crippen MR) is 35.5 cm³/mol. The number of hydrogen-bond acceptors (Lipinski definition) is 4. The summed E-state index contributed by atoms with van der Waals surface area (Å²) in [5, 5.41) is 2.67. The molecule has 2 atom stereocenters. The van der Waals surface area contributed by atoms with Crippen molar-refractivity contribution in [3.8, 4) is 0 Å². The Kier molecular flexibility index (Phi) is 1.09. The quantitative estimate of drug-likeness (QED) is 0.361. The molecule has 2 amide bonds. The fraction of sp³-hybridized carbons (Fsp3) is 0.400. The number of nitrogens with zero attached hydrogens (tertiary/aromatic N) is 1. The molecule has 6 nitrogen and oxygen atoms in total. The molecule has 1 saturated heterocycles. The van der Waals surface area contributed by atoms with Crippen LogP contribution < -0.4 is 16.2 Å². The summed E-state index contributed by atoms with van der Waals surface area (Å²) in [6, 6.07) is -1.12. The Hall–Kier alpha value is -1.59. The van der Waals surface area contributed by atoms with Crippen molar-refractivity contribution in [3.05, 3.63) is 0 Å². The first-order valence-corrected chi connectivity index (χ1v) is 3.16. The highest BCUT2D eigenvalue weighted by atomic mass is 16.2. The maximum Gasteiger partial charge on any atom is 0.265 e. The highest BCUT2D eigenvalue weighted by molar-refractivity contribution is 6.00. The number of carbonyl (C=O) groups is 2. The first kappa shape index (κ1) is 6.14. The molecule has 0 radical (unpaired) electrons. The van der Waals surface area contributed by atoms with Crippen molar-refractivity contribution >= 4 is 18.2 Å². The monoisotopic (exact) mass is 154 g/mol. The van der Waals surface area contributed by atoms with E-state index in [-0.39, 0.29) is 11.8 Å². The third-order valence-electron chi connectivity index (χ3n) is 1.66. The summed E-state index contributed by atoms with van der Waals surface area (Å²) in [7, 11) is 0. The lowest BCUT2D eigenvalue weighted by molar-refractivity contribution is -0.136. The molecule has 58 valence electrons. The van der Waals surface area contributed by atoms with Gasteiger partial charge in [0, 0.05) is 0 Å². The summed E-state index contributed by atoms with van der Waals surface area (Å²) >= 11 is 0. The average Bonchev–Trinajstić information content (AvgIpc) is 2.45. The maximum absolute atomic E-state index is 11.0. The van der Waals surface area contributed by atoms with Crippen LogP contribution in [0.25, 0.3) is 0 Å². The number of nitrogens with one attached hydrogen (secondary N) is 3. The Morgan fingerprint density at radius 3 is 2.73 bits per heavy atom. The number of fused-ring (bicyclic) bond motifs is 1. The van der Waals surface area contributed by atoms with Gasteiger partial charge in [0.2, 0.25) is 0 Å². The van der Waals surface area contributed by atoms with E-state index < -0.39 is 12.1 Å². The smallest absolute Gasteiger partial charge is 0.265 e. The molecule has 2 aliphatic heterocycles. The molecule has 2 heterocycles. The van der Waals surface area contributed by atoms with Gasteiger partial charge in [0.1, 0.15) is 6.04 Å². The Balaban J connectivity index is 2.25. The number of hydrogen-bond donors (Lipinski definition) is 3. The minimum absolute atomic E-state index is 0.257. The first-order valence-electron chi connectivity index (χ1n) is 3.16. The van der Waals surface area contributed by atoms with Gasteiger partial charge >= 0.3 is 0 Å². The largest absolute Gasteiger partial charge is 0.363 e. The van der Waals surface area contributed by atoms with E-state index in [2.05, 4.69) is 21.2 Å². The van der Waals surface area contributed by atoms with Crippen molar-refractivity contribution in [1.29, 1.82) is 0 Å². The molecule has 0 unspecified atom stereocenters. The van der Waals surface area contributed by atoms with Crippen molar-refractivity contribution in [3.63, 3.8) is 0 Å². The van der Waals surface area contributed by atoms with E-state index in [9.17, 15) is 9.59 Å². The van der Waals surface area contributed by atoms with E-state index in [1.54, 1.807) is 0 Å². The molecule has 1 fully saturated rings. The second-order valence-electron chi connectivity index (χ2n) is 2.35. The molecule has 3 N–H and O–H groups in total. The molecule has 0 aromatic carbocycles. The van der Waals surface area contributed by atoms with Crippen LogP contribution in [0.5, 0.6) is 0 Å². The zero-order chi connectivity index (χ0) is 7.84. The van der Waals surface area contributed by atoms with Crippen molar-refractivity contribution in [2.75, 3.05) is 0 Å². The van der Waals surface area contributed by atoms with Crippen LogP contribution in [0.1, 0.15) is 0 Å². The van der Waals surface area contributed by atoms with Crippen LogP contribution in [0, 0.1) is 0 Å². The Morgan fingerprint density at radius 2 is 2.00 bits per heavy atom. The average molecular weight is 154 g/mol. The SMILES string of the molecule is O=C1NNC(=O)[C@@H]2NC=N[C@H]12. The molecule has 0 spiro atoms. The van der Waals surface area contributed by atoms with Crippen LogP contribution in [-0.4, -0.2) is 30.2 Å². The summed E-state index contributed by atoms with van der Waals surface area (Å²) in [5.41, 5.74) is 4.43. The van der Waals surface area contributed by atoms with Gasteiger partial charge in [-0.3, -0.25) is 25.4 Å². The maximum atomic E-state index is 11.0. The van der Waals surface area contributed by atoms with Gasteiger partial charge in [-0.1, -0.05) is 0 Å². The van der Waals surface area contributed by atoms with Crippen molar-refractivity contribution in [2.24, 2.45) is 4.99 Å². The Labute approximate surface area is 62.0 Å². The first-order chi connectivity index (χ1) is 5.29. The highest BCUT2D eigenvalue weighted by Crippen LogP contribution is 2.06. The highest BCUT2D eigenvalue weighted by Gasteiger charge is 2.39. The fourth-order valence-corrected chi connectivity index (χ4v) is 1.09. The van der Waals surface area contributed by atoms with Gasteiger partial charge < -0.3 is 5.32 Å². The van der Waals surface area contributed by atoms with Gasteiger partial charge in [-0.05, 0) is 0 Å². The van der Waals surface area contributed by atoms with Crippen LogP contribution in [-0.2, 0) is 9.59 Å². The number of rotatable bonds is 0. The van der Waals surface area contributed by atoms with Crippen LogP contribution >= 0.6 is 0 Å². The molecule has 2 aliphatic rings. The minimum Gasteiger partial charge on any atom is -0.363 e. The number of hydrazine groups is 1. The fourth-order valence-electron chi connectivity index (χ4n) is 1.09. The molecular weight excluding hydrogens is 148 g/mol. The number of aliphatic imine (C=N–C) groups is 1. The van der Waals surface area contributed by atoms with Gasteiger partial charge in [0.25, 0.3) is 11.8 Å². The van der Waals surface area contributed by atoms with E-state index in [1.807, 2.05) is 0 Å². The van der Waals surface area contributed by atoms with Crippen LogP contribution in [0.4, 0.5) is 0 Å². The van der Waals surface area contributed by atoms with Gasteiger partial charge in [0.15, 0.2) is 6.04 Å². The summed E-state index contributed by atoms with van der Waals surface area (Å²) < 4.78 is 0. The van der Waals surface area contributed by atoms with Crippen LogP contribution in [0.15, 0.2) is 4.99 Å². The van der Waals surface area contributed by atoms with Gasteiger partial charge in [-0.15, -0.1) is 0 Å². The molecule has 2 rings (SSSR count). The van der Waals surface area contributed by atoms with Crippen molar-refractivity contribution in [1.82, 2.24) is 16.2 Å². The van der Waals surface area contributed by atoms with E-state index >= 15 is 0 Å². The molecule has 0 bridgehead atoms. The third kappa shape index (κ3) is 0.754. The zero-order valence-corrected chi connectivity index (χ0v) is 5.50. The van der Waals surface area contributed by atoms with Crippen LogP contribution in [0.2, 0.25) is 0 Å². The lowest BCUT2D eigenvalue weighted by Gasteiger charge is -2.22. The van der Waals surface area contributed by atoms with Crippen molar-refractivity contribution < 1.29 is 9.59 Å². The standard InChI is InChI=1S/C5H6N4O2/c10-4-2-3(7-1-6-2)5(11)9-8-4/h1-3H,(H,6,7)(H,8,10)(H,9,11)/t2-,3+. The summed E-state index contributed by atoms with van der Waals surface area (Å²) in [5.74, 6) is -0.539.